The molecule has 0 unspecified atom stereocenters. The first-order chi connectivity index (χ1) is 5.63. The molecule has 0 aliphatic carbocycles. The number of halogens is 3. The highest BCUT2D eigenvalue weighted by Gasteiger charge is 2.05. The Hall–Kier alpha value is 0.0300. The molecule has 12 heavy (non-hydrogen) atoms. The lowest BCUT2D eigenvalue weighted by Crippen LogP contribution is -2.00. The van der Waals surface area contributed by atoms with Gasteiger partial charge in [-0.05, 0) is 40.8 Å². The van der Waals surface area contributed by atoms with Crippen LogP contribution in [-0.2, 0) is 0 Å². The van der Waals surface area contributed by atoms with Crippen molar-refractivity contribution in [2.24, 2.45) is 0 Å². The van der Waals surface area contributed by atoms with Gasteiger partial charge in [0.1, 0.15) is 5.82 Å². The molecule has 4 heteroatoms. The van der Waals surface area contributed by atoms with E-state index >= 15 is 0 Å². The lowest BCUT2D eigenvalue weighted by atomic mass is 10.1. The molecule has 0 saturated heterocycles. The Kier molecular flexibility index (Phi) is 3.64. The minimum atomic E-state index is -0.369. The topological polar surface area (TPSA) is 17.1 Å². The highest BCUT2D eigenvalue weighted by atomic mass is 127. The van der Waals surface area contributed by atoms with Gasteiger partial charge in [0.2, 0.25) is 0 Å². The number of hydrogen-bond donors (Lipinski definition) is 0. The van der Waals surface area contributed by atoms with Crippen LogP contribution in [0.15, 0.2) is 18.2 Å². The molecule has 0 bridgehead atoms. The third-order valence-electron chi connectivity index (χ3n) is 1.31. The highest BCUT2D eigenvalue weighted by Crippen LogP contribution is 2.12. The second-order valence-corrected chi connectivity index (χ2v) is 4.02. The molecule has 0 N–H and O–H groups in total. The maximum atomic E-state index is 12.8. The summed E-state index contributed by atoms with van der Waals surface area (Å²) < 4.78 is 13.5. The molecule has 1 aromatic carbocycles. The number of alkyl halides is 1. The predicted molar refractivity (Wildman–Crippen MR) is 57.2 cm³/mol. The van der Waals surface area contributed by atoms with Crippen LogP contribution >= 0.6 is 38.5 Å². The number of benzene rings is 1. The van der Waals surface area contributed by atoms with E-state index in [1.807, 2.05) is 22.6 Å². The Morgan fingerprint density at radius 1 is 1.50 bits per heavy atom. The van der Waals surface area contributed by atoms with Crippen molar-refractivity contribution in [1.82, 2.24) is 0 Å². The van der Waals surface area contributed by atoms with Crippen LogP contribution in [0.1, 0.15) is 10.4 Å². The van der Waals surface area contributed by atoms with Crippen LogP contribution in [0.3, 0.4) is 0 Å². The molecular formula is C8H5BrFIO. The van der Waals surface area contributed by atoms with Crippen molar-refractivity contribution in [2.75, 3.05) is 5.33 Å². The van der Waals surface area contributed by atoms with E-state index in [1.165, 1.54) is 12.1 Å². The molecule has 0 aromatic heterocycles. The van der Waals surface area contributed by atoms with Crippen molar-refractivity contribution in [2.45, 2.75) is 0 Å². The molecule has 0 heterocycles. The van der Waals surface area contributed by atoms with E-state index in [-0.39, 0.29) is 16.9 Å². The smallest absolute Gasteiger partial charge is 0.173 e. The fraction of sp³-hybridized carbons (Fsp3) is 0.125. The molecule has 1 nitrogen and oxygen atoms in total. The van der Waals surface area contributed by atoms with Gasteiger partial charge in [-0.2, -0.15) is 0 Å². The first kappa shape index (κ1) is 10.1. The quantitative estimate of drug-likeness (QED) is 0.459. The summed E-state index contributed by atoms with van der Waals surface area (Å²) in [7, 11) is 0. The van der Waals surface area contributed by atoms with Crippen LogP contribution in [0, 0.1) is 9.39 Å². The van der Waals surface area contributed by atoms with Gasteiger partial charge < -0.3 is 0 Å². The van der Waals surface area contributed by atoms with Gasteiger partial charge in [-0.3, -0.25) is 4.79 Å². The number of hydrogen-bond acceptors (Lipinski definition) is 1. The van der Waals surface area contributed by atoms with Crippen molar-refractivity contribution in [3.05, 3.63) is 33.1 Å². The predicted octanol–water partition coefficient (Wildman–Crippen LogP) is 3.01. The number of Topliss-reactive ketones (excluding diaryl/α,β-unsaturated/α-hetero) is 1. The van der Waals surface area contributed by atoms with E-state index < -0.39 is 0 Å². The van der Waals surface area contributed by atoms with Gasteiger partial charge in [-0.1, -0.05) is 15.9 Å². The molecule has 0 fully saturated rings. The molecule has 0 aliphatic heterocycles. The maximum Gasteiger partial charge on any atom is 0.173 e. The Morgan fingerprint density at radius 2 is 2.17 bits per heavy atom. The fourth-order valence-electron chi connectivity index (χ4n) is 0.792. The Balaban J connectivity index is 3.08. The first-order valence-electron chi connectivity index (χ1n) is 3.18. The van der Waals surface area contributed by atoms with E-state index in [1.54, 1.807) is 6.07 Å². The molecule has 0 aliphatic rings. The standard InChI is InChI=1S/C8H5BrFIO/c9-4-8(12)5-1-6(10)3-7(11)2-5/h1-3H,4H2. The van der Waals surface area contributed by atoms with Crippen LogP contribution in [0.5, 0.6) is 0 Å². The molecule has 0 spiro atoms. The van der Waals surface area contributed by atoms with Gasteiger partial charge in [0.05, 0.1) is 5.33 Å². The summed E-state index contributed by atoms with van der Waals surface area (Å²) in [5.74, 6) is -0.474. The molecule has 0 radical (unpaired) electrons. The molecule has 0 amide bonds. The lowest BCUT2D eigenvalue weighted by Gasteiger charge is -1.98. The van der Waals surface area contributed by atoms with Crippen molar-refractivity contribution in [3.63, 3.8) is 0 Å². The summed E-state index contributed by atoms with van der Waals surface area (Å²) in [6.45, 7) is 0. The zero-order chi connectivity index (χ0) is 9.14. The minimum Gasteiger partial charge on any atom is -0.293 e. The third kappa shape index (κ3) is 2.52. The van der Waals surface area contributed by atoms with Crippen molar-refractivity contribution < 1.29 is 9.18 Å². The third-order valence-corrected chi connectivity index (χ3v) is 2.44. The van der Waals surface area contributed by atoms with Crippen molar-refractivity contribution >= 4 is 44.3 Å². The zero-order valence-electron chi connectivity index (χ0n) is 5.98. The van der Waals surface area contributed by atoms with E-state index in [2.05, 4.69) is 15.9 Å². The van der Waals surface area contributed by atoms with Gasteiger partial charge >= 0.3 is 0 Å². The first-order valence-corrected chi connectivity index (χ1v) is 5.39. The molecule has 0 saturated carbocycles. The summed E-state index contributed by atoms with van der Waals surface area (Å²) >= 11 is 5.00. The second kappa shape index (κ2) is 4.32. The number of ketones is 1. The fourth-order valence-corrected chi connectivity index (χ4v) is 1.75. The average Bonchev–Trinajstić information content (AvgIpc) is 2.01. The second-order valence-electron chi connectivity index (χ2n) is 2.21. The number of carbonyl (C=O) groups is 1. The molecule has 1 aromatic rings. The molecular weight excluding hydrogens is 338 g/mol. The number of carbonyl (C=O) groups excluding carboxylic acids is 1. The van der Waals surface area contributed by atoms with Crippen LogP contribution in [0.4, 0.5) is 4.39 Å². The summed E-state index contributed by atoms with van der Waals surface area (Å²) in [5.41, 5.74) is 0.413. The average molecular weight is 343 g/mol. The van der Waals surface area contributed by atoms with Gasteiger partial charge in [0, 0.05) is 9.13 Å². The summed E-state index contributed by atoms with van der Waals surface area (Å²) in [6.07, 6.45) is 0. The largest absolute Gasteiger partial charge is 0.293 e. The van der Waals surface area contributed by atoms with Crippen molar-refractivity contribution in [1.29, 1.82) is 0 Å². The van der Waals surface area contributed by atoms with Gasteiger partial charge in [0.15, 0.2) is 5.78 Å². The van der Waals surface area contributed by atoms with Crippen LogP contribution in [0.25, 0.3) is 0 Å². The monoisotopic (exact) mass is 342 g/mol. The van der Waals surface area contributed by atoms with Crippen LogP contribution in [-0.4, -0.2) is 11.1 Å². The highest BCUT2D eigenvalue weighted by molar-refractivity contribution is 14.1. The number of rotatable bonds is 2. The summed E-state index contributed by atoms with van der Waals surface area (Å²) in [5, 5.41) is 0.229. The van der Waals surface area contributed by atoms with Gasteiger partial charge in [0.25, 0.3) is 0 Å². The maximum absolute atomic E-state index is 12.8. The van der Waals surface area contributed by atoms with Gasteiger partial charge in [-0.25, -0.2) is 4.39 Å². The zero-order valence-corrected chi connectivity index (χ0v) is 9.72. The molecule has 64 valence electrons. The molecule has 0 atom stereocenters. The van der Waals surface area contributed by atoms with Crippen LogP contribution < -0.4 is 0 Å². The summed E-state index contributed by atoms with van der Waals surface area (Å²) in [6, 6.07) is 4.28. The Labute approximate surface area is 91.6 Å². The lowest BCUT2D eigenvalue weighted by molar-refractivity contribution is 0.102. The SMILES string of the molecule is O=C(CBr)c1cc(F)cc(I)c1. The molecule has 1 rings (SSSR count). The van der Waals surface area contributed by atoms with E-state index in [4.69, 9.17) is 0 Å². The van der Waals surface area contributed by atoms with E-state index in [0.717, 1.165) is 3.57 Å². The van der Waals surface area contributed by atoms with E-state index in [0.29, 0.717) is 5.56 Å². The summed E-state index contributed by atoms with van der Waals surface area (Å²) in [4.78, 5) is 11.1. The van der Waals surface area contributed by atoms with Crippen molar-refractivity contribution in [3.8, 4) is 0 Å². The Bertz CT molecular complexity index is 294. The normalized spacial score (nSPS) is 9.92. The minimum absolute atomic E-state index is 0.104. The Morgan fingerprint density at radius 3 is 2.67 bits per heavy atom. The van der Waals surface area contributed by atoms with Crippen LogP contribution in [0.2, 0.25) is 0 Å². The van der Waals surface area contributed by atoms with E-state index in [9.17, 15) is 9.18 Å². The van der Waals surface area contributed by atoms with Gasteiger partial charge in [-0.15, -0.1) is 0 Å².